The molecular formula is C19H19N3O2S. The van der Waals surface area contributed by atoms with Gasteiger partial charge < -0.3 is 10.4 Å². The van der Waals surface area contributed by atoms with E-state index in [1.165, 1.54) is 0 Å². The molecular weight excluding hydrogens is 334 g/mol. The van der Waals surface area contributed by atoms with Crippen molar-refractivity contribution in [3.63, 3.8) is 0 Å². The van der Waals surface area contributed by atoms with E-state index in [9.17, 15) is 4.79 Å². The minimum absolute atomic E-state index is 0.261. The summed E-state index contributed by atoms with van der Waals surface area (Å²) in [5, 5.41) is 16.4. The van der Waals surface area contributed by atoms with Crippen LogP contribution in [0, 0.1) is 0 Å². The smallest absolute Gasteiger partial charge is 0.335 e. The van der Waals surface area contributed by atoms with E-state index in [1.54, 1.807) is 35.6 Å². The lowest BCUT2D eigenvalue weighted by Crippen LogP contribution is -2.07. The van der Waals surface area contributed by atoms with Crippen molar-refractivity contribution in [2.45, 2.75) is 26.7 Å². The van der Waals surface area contributed by atoms with Crippen LogP contribution in [0.4, 0.5) is 11.5 Å². The average Bonchev–Trinajstić information content (AvgIpc) is 3.16. The minimum Gasteiger partial charge on any atom is -0.478 e. The topological polar surface area (TPSA) is 75.1 Å². The zero-order valence-corrected chi connectivity index (χ0v) is 14.9. The summed E-state index contributed by atoms with van der Waals surface area (Å²) >= 11 is 1.62. The highest BCUT2D eigenvalue weighted by Crippen LogP contribution is 2.27. The van der Waals surface area contributed by atoms with Gasteiger partial charge in [0.15, 0.2) is 5.82 Å². The maximum absolute atomic E-state index is 11.0. The molecule has 2 N–H and O–H groups in total. The van der Waals surface area contributed by atoms with Gasteiger partial charge in [0.1, 0.15) is 5.82 Å². The van der Waals surface area contributed by atoms with E-state index in [-0.39, 0.29) is 5.56 Å². The van der Waals surface area contributed by atoms with E-state index in [1.807, 2.05) is 16.8 Å². The van der Waals surface area contributed by atoms with Crippen molar-refractivity contribution in [2.75, 3.05) is 5.32 Å². The van der Waals surface area contributed by atoms with Gasteiger partial charge in [-0.1, -0.05) is 13.8 Å². The summed E-state index contributed by atoms with van der Waals surface area (Å²) < 4.78 is 0. The van der Waals surface area contributed by atoms with Crippen LogP contribution >= 0.6 is 11.3 Å². The van der Waals surface area contributed by atoms with Crippen molar-refractivity contribution in [3.05, 3.63) is 57.9 Å². The maximum Gasteiger partial charge on any atom is 0.335 e. The first-order valence-electron chi connectivity index (χ1n) is 8.15. The lowest BCUT2D eigenvalue weighted by molar-refractivity contribution is 0.0697. The minimum atomic E-state index is -0.934. The monoisotopic (exact) mass is 353 g/mol. The summed E-state index contributed by atoms with van der Waals surface area (Å²) in [7, 11) is 0. The highest BCUT2D eigenvalue weighted by Gasteiger charge is 2.14. The second-order valence-electron chi connectivity index (χ2n) is 5.55. The average molecular weight is 353 g/mol. The number of benzene rings is 1. The Labute approximate surface area is 150 Å². The van der Waals surface area contributed by atoms with Crippen molar-refractivity contribution < 1.29 is 9.90 Å². The van der Waals surface area contributed by atoms with E-state index >= 15 is 0 Å². The number of anilines is 2. The first kappa shape index (κ1) is 17.1. The zero-order chi connectivity index (χ0) is 17.8. The van der Waals surface area contributed by atoms with Crippen LogP contribution < -0.4 is 5.32 Å². The number of aryl methyl sites for hydroxylation is 1. The summed E-state index contributed by atoms with van der Waals surface area (Å²) in [4.78, 5) is 20.4. The number of carbonyl (C=O) groups is 1. The van der Waals surface area contributed by atoms with Gasteiger partial charge in [-0.05, 0) is 48.6 Å². The second-order valence-corrected chi connectivity index (χ2v) is 6.33. The SMILES string of the molecule is CCc1nc(-c2ccsc2)nc(Nc2ccc(C(=O)O)cc2)c1CC. The molecule has 0 saturated heterocycles. The van der Waals surface area contributed by atoms with Crippen molar-refractivity contribution in [1.82, 2.24) is 9.97 Å². The molecule has 0 aliphatic heterocycles. The van der Waals surface area contributed by atoms with Crippen LogP contribution in [0.15, 0.2) is 41.1 Å². The molecule has 2 heterocycles. The Hall–Kier alpha value is -2.73. The standard InChI is InChI=1S/C19H19N3O2S/c1-3-15-16(4-2)21-17(13-9-10-25-11-13)22-18(15)20-14-7-5-12(6-8-14)19(23)24/h5-11H,3-4H2,1-2H3,(H,23,24)(H,20,21,22). The molecule has 5 nitrogen and oxygen atoms in total. The Morgan fingerprint density at radius 2 is 1.88 bits per heavy atom. The lowest BCUT2D eigenvalue weighted by atomic mass is 10.1. The first-order chi connectivity index (χ1) is 12.1. The number of aromatic nitrogens is 2. The molecule has 3 rings (SSSR count). The van der Waals surface area contributed by atoms with Gasteiger partial charge in [0.05, 0.1) is 5.56 Å². The van der Waals surface area contributed by atoms with E-state index in [4.69, 9.17) is 15.1 Å². The Morgan fingerprint density at radius 3 is 2.44 bits per heavy atom. The number of hydrogen-bond donors (Lipinski definition) is 2. The van der Waals surface area contributed by atoms with Gasteiger partial charge in [-0.25, -0.2) is 14.8 Å². The largest absolute Gasteiger partial charge is 0.478 e. The summed E-state index contributed by atoms with van der Waals surface area (Å²) in [5.74, 6) is 0.550. The molecule has 0 radical (unpaired) electrons. The number of nitrogens with zero attached hydrogens (tertiary/aromatic N) is 2. The van der Waals surface area contributed by atoms with E-state index < -0.39 is 5.97 Å². The molecule has 0 aliphatic carbocycles. The fraction of sp³-hybridized carbons (Fsp3) is 0.211. The number of aromatic carboxylic acids is 1. The van der Waals surface area contributed by atoms with E-state index in [0.29, 0.717) is 5.82 Å². The normalized spacial score (nSPS) is 10.6. The second kappa shape index (κ2) is 7.44. The van der Waals surface area contributed by atoms with Crippen LogP contribution in [0.2, 0.25) is 0 Å². The Kier molecular flexibility index (Phi) is 5.09. The van der Waals surface area contributed by atoms with Crippen LogP contribution in [-0.4, -0.2) is 21.0 Å². The summed E-state index contributed by atoms with van der Waals surface area (Å²) in [6.45, 7) is 4.17. The molecule has 0 fully saturated rings. The van der Waals surface area contributed by atoms with Crippen LogP contribution in [0.25, 0.3) is 11.4 Å². The molecule has 0 aliphatic rings. The van der Waals surface area contributed by atoms with Gasteiger partial charge in [-0.3, -0.25) is 0 Å². The van der Waals surface area contributed by atoms with Crippen molar-refractivity contribution in [2.24, 2.45) is 0 Å². The fourth-order valence-electron chi connectivity index (χ4n) is 2.65. The molecule has 0 unspecified atom stereocenters. The van der Waals surface area contributed by atoms with Gasteiger partial charge in [0.2, 0.25) is 0 Å². The van der Waals surface area contributed by atoms with Gasteiger partial charge in [0, 0.05) is 27.9 Å². The zero-order valence-electron chi connectivity index (χ0n) is 14.1. The molecule has 0 spiro atoms. The van der Waals surface area contributed by atoms with Crippen LogP contribution in [0.5, 0.6) is 0 Å². The number of nitrogens with one attached hydrogen (secondary N) is 1. The van der Waals surface area contributed by atoms with Gasteiger partial charge >= 0.3 is 5.97 Å². The molecule has 2 aromatic heterocycles. The van der Waals surface area contributed by atoms with Crippen LogP contribution in [0.3, 0.4) is 0 Å². The van der Waals surface area contributed by atoms with Gasteiger partial charge in [-0.2, -0.15) is 11.3 Å². The number of carboxylic acid groups (broad SMARTS) is 1. The Balaban J connectivity index is 2.01. The quantitative estimate of drug-likeness (QED) is 0.667. The highest BCUT2D eigenvalue weighted by atomic mass is 32.1. The van der Waals surface area contributed by atoms with Crippen molar-refractivity contribution in [1.29, 1.82) is 0 Å². The highest BCUT2D eigenvalue weighted by molar-refractivity contribution is 7.08. The number of thiophene rings is 1. The molecule has 128 valence electrons. The number of rotatable bonds is 6. The Bertz CT molecular complexity index is 874. The molecule has 0 bridgehead atoms. The van der Waals surface area contributed by atoms with Crippen molar-refractivity contribution in [3.8, 4) is 11.4 Å². The predicted octanol–water partition coefficient (Wildman–Crippen LogP) is 4.77. The Morgan fingerprint density at radius 1 is 1.12 bits per heavy atom. The molecule has 25 heavy (non-hydrogen) atoms. The van der Waals surface area contributed by atoms with E-state index in [2.05, 4.69) is 19.2 Å². The fourth-order valence-corrected chi connectivity index (χ4v) is 3.29. The summed E-state index contributed by atoms with van der Waals surface area (Å²) in [5.41, 5.74) is 4.19. The predicted molar refractivity (Wildman–Crippen MR) is 101 cm³/mol. The first-order valence-corrected chi connectivity index (χ1v) is 9.09. The van der Waals surface area contributed by atoms with Gasteiger partial charge in [0.25, 0.3) is 0 Å². The maximum atomic E-state index is 11.0. The molecule has 0 atom stereocenters. The molecule has 3 aromatic rings. The van der Waals surface area contributed by atoms with Crippen LogP contribution in [-0.2, 0) is 12.8 Å². The van der Waals surface area contributed by atoms with Gasteiger partial charge in [-0.15, -0.1) is 0 Å². The lowest BCUT2D eigenvalue weighted by Gasteiger charge is -2.15. The van der Waals surface area contributed by atoms with Crippen molar-refractivity contribution >= 4 is 28.8 Å². The third-order valence-electron chi connectivity index (χ3n) is 3.96. The molecule has 6 heteroatoms. The molecule has 0 amide bonds. The molecule has 1 aromatic carbocycles. The number of hydrogen-bond acceptors (Lipinski definition) is 5. The molecule has 0 saturated carbocycles. The third-order valence-corrected chi connectivity index (χ3v) is 4.64. The third kappa shape index (κ3) is 3.69. The summed E-state index contributed by atoms with van der Waals surface area (Å²) in [6.07, 6.45) is 1.65. The van der Waals surface area contributed by atoms with Crippen LogP contribution in [0.1, 0.15) is 35.5 Å². The summed E-state index contributed by atoms with van der Waals surface area (Å²) in [6, 6.07) is 8.67. The number of carboxylic acids is 1. The van der Waals surface area contributed by atoms with E-state index in [0.717, 1.165) is 41.2 Å².